The first-order chi connectivity index (χ1) is 29.9. The number of carbonyl (C=O) groups is 4. The molecule has 0 saturated carbocycles. The van der Waals surface area contributed by atoms with Gasteiger partial charge in [0.15, 0.2) is 0 Å². The van der Waals surface area contributed by atoms with Gasteiger partial charge in [0.2, 0.25) is 11.8 Å². The fourth-order valence-corrected chi connectivity index (χ4v) is 9.80. The maximum absolute atomic E-state index is 14.7. The van der Waals surface area contributed by atoms with Crippen LogP contribution in [0.25, 0.3) is 33.3 Å². The molecule has 4 N–H and O–H groups in total. The number of esters is 1. The molecule has 6 bridgehead atoms. The minimum atomic E-state index is -1.11. The van der Waals surface area contributed by atoms with Crippen LogP contribution < -0.4 is 16.1 Å². The number of methoxy groups -OCH3 is 1. The minimum Gasteiger partial charge on any atom is -0.508 e. The normalized spacial score (nSPS) is 22.7. The third-order valence-electron chi connectivity index (χ3n) is 13.2. The quantitative estimate of drug-likeness (QED) is 0.148. The zero-order valence-corrected chi connectivity index (χ0v) is 38.3. The number of ether oxygens (including phenoxy) is 2. The zero-order valence-electron chi connectivity index (χ0n) is 38.3. The maximum Gasteiger partial charge on any atom is 0.324 e. The summed E-state index contributed by atoms with van der Waals surface area (Å²) in [7, 11) is 3.33. The van der Waals surface area contributed by atoms with Crippen LogP contribution in [0.2, 0.25) is 0 Å². The lowest BCUT2D eigenvalue weighted by atomic mass is 9.84. The molecule has 0 unspecified atom stereocenters. The van der Waals surface area contributed by atoms with E-state index in [4.69, 9.17) is 14.5 Å². The Bertz CT molecular complexity index is 2370. The fraction of sp³-hybridized carbons (Fsp3) is 0.531. The number of pyridine rings is 1. The Morgan fingerprint density at radius 3 is 2.57 bits per heavy atom. The highest BCUT2D eigenvalue weighted by molar-refractivity contribution is 5.96. The number of hydrogen-bond acceptors (Lipinski definition) is 10. The molecule has 2 saturated heterocycles. The summed E-state index contributed by atoms with van der Waals surface area (Å²) in [6.45, 7) is 16.3. The summed E-state index contributed by atoms with van der Waals surface area (Å²) in [6, 6.07) is 12.8. The number of nitrogens with zero attached hydrogens (tertiary/aromatic N) is 4. The summed E-state index contributed by atoms with van der Waals surface area (Å²) in [5.41, 5.74) is 9.07. The largest absolute Gasteiger partial charge is 0.508 e. The third-order valence-corrected chi connectivity index (χ3v) is 13.2. The SMILES string of the molecule is CCn1c(-c2cccnc2[C@H](C)OC)c2c3cc(ccc31)-c1cc(O)cc(c1)C[C@H](NC(=O)[C@H](C(C)C)N(C)C(=O)[C@]1(C)CCNC1)C(=O)N1CCC[C@H](N1)C(=O)OCC(C)(C)C2. The molecule has 0 radical (unpaired) electrons. The molecule has 5 atom stereocenters. The van der Waals surface area contributed by atoms with Gasteiger partial charge in [0.1, 0.15) is 23.9 Å². The number of likely N-dealkylation sites (N-methyl/N-ethyl adjacent to an activating group) is 1. The summed E-state index contributed by atoms with van der Waals surface area (Å²) in [6.07, 6.45) is 3.75. The summed E-state index contributed by atoms with van der Waals surface area (Å²) in [4.78, 5) is 63.2. The second-order valence-electron chi connectivity index (χ2n) is 19.1. The molecule has 5 heterocycles. The molecule has 14 nitrogen and oxygen atoms in total. The van der Waals surface area contributed by atoms with Crippen LogP contribution in [0.1, 0.15) is 90.7 Å². The first kappa shape index (κ1) is 45.7. The van der Waals surface area contributed by atoms with Crippen LogP contribution in [0.15, 0.2) is 54.7 Å². The monoisotopic (exact) mass is 863 g/mol. The van der Waals surface area contributed by atoms with Crippen molar-refractivity contribution in [2.45, 2.75) is 111 Å². The Morgan fingerprint density at radius 1 is 1.10 bits per heavy atom. The molecule has 0 spiro atoms. The molecule has 2 aromatic heterocycles. The molecule has 0 aliphatic carbocycles. The van der Waals surface area contributed by atoms with Crippen LogP contribution >= 0.6 is 0 Å². The molecular weight excluding hydrogens is 799 g/mol. The third kappa shape index (κ3) is 9.35. The first-order valence-corrected chi connectivity index (χ1v) is 22.4. The van der Waals surface area contributed by atoms with Gasteiger partial charge >= 0.3 is 5.97 Å². The van der Waals surface area contributed by atoms with Crippen molar-refractivity contribution in [3.8, 4) is 28.1 Å². The molecule has 2 fully saturated rings. The van der Waals surface area contributed by atoms with Crippen LogP contribution in [0.4, 0.5) is 0 Å². The van der Waals surface area contributed by atoms with E-state index in [1.807, 2.05) is 45.9 Å². The lowest BCUT2D eigenvalue weighted by Gasteiger charge is -2.38. The number of phenolic OH excluding ortho intramolecular Hbond substituents is 1. The van der Waals surface area contributed by atoms with Crippen molar-refractivity contribution in [2.75, 3.05) is 40.4 Å². The van der Waals surface area contributed by atoms with Gasteiger partial charge in [-0.1, -0.05) is 39.8 Å². The lowest BCUT2D eigenvalue weighted by Crippen LogP contribution is -2.62. The van der Waals surface area contributed by atoms with E-state index in [2.05, 4.69) is 59.6 Å². The average Bonchev–Trinajstić information content (AvgIpc) is 3.84. The standard InChI is InChI=1S/C49H65N7O7/c1-10-55-40-16-15-32-25-36(40)37(43(55)35-13-11-18-51-41(35)30(4)62-9)26-48(5,6)28-63-46(60)38-14-12-20-56(53-38)45(59)39(23-31-21-33(32)24-34(57)22-31)52-44(58)42(29(2)3)54(8)47(61)49(7)17-19-50-27-49/h11,13,15-16,18,21-22,24-25,29-30,38-39,42,50,53,57H,10,12,14,17,19-20,23,26-28H2,1-9H3,(H,52,58)/t30-,38-,39-,42-,49+/m0/s1. The van der Waals surface area contributed by atoms with Crippen molar-refractivity contribution >= 4 is 34.6 Å². The van der Waals surface area contributed by atoms with Gasteiger partial charge in [-0.15, -0.1) is 0 Å². The molecule has 338 valence electrons. The fourth-order valence-electron chi connectivity index (χ4n) is 9.80. The lowest BCUT2D eigenvalue weighted by molar-refractivity contribution is -0.155. The number of carbonyl (C=O) groups excluding carboxylic acids is 4. The van der Waals surface area contributed by atoms with E-state index in [1.54, 1.807) is 32.5 Å². The van der Waals surface area contributed by atoms with E-state index in [9.17, 15) is 24.3 Å². The Balaban J connectivity index is 1.35. The van der Waals surface area contributed by atoms with E-state index in [1.165, 1.54) is 9.91 Å². The molecule has 2 aromatic carbocycles. The molecule has 14 heteroatoms. The van der Waals surface area contributed by atoms with Gasteiger partial charge in [-0.05, 0) is 118 Å². The number of benzene rings is 2. The summed E-state index contributed by atoms with van der Waals surface area (Å²) in [5, 5.41) is 20.0. The first-order valence-electron chi connectivity index (χ1n) is 22.4. The van der Waals surface area contributed by atoms with E-state index in [-0.39, 0.29) is 36.7 Å². The Kier molecular flexibility index (Phi) is 13.4. The highest BCUT2D eigenvalue weighted by Crippen LogP contribution is 2.42. The molecule has 3 aliphatic heterocycles. The molecule has 4 aromatic rings. The molecular formula is C49H65N7O7. The van der Waals surface area contributed by atoms with E-state index >= 15 is 0 Å². The number of aryl methyl sites for hydroxylation is 1. The van der Waals surface area contributed by atoms with Gasteiger partial charge in [0.25, 0.3) is 5.91 Å². The van der Waals surface area contributed by atoms with Crippen molar-refractivity contribution in [1.82, 2.24) is 35.5 Å². The predicted octanol–water partition coefficient (Wildman–Crippen LogP) is 5.93. The number of hydrazine groups is 1. The van der Waals surface area contributed by atoms with Crippen LogP contribution in [0, 0.1) is 16.7 Å². The number of fused-ring (bicyclic) bond motifs is 6. The van der Waals surface area contributed by atoms with Gasteiger partial charge in [-0.3, -0.25) is 29.2 Å². The number of amides is 3. The van der Waals surface area contributed by atoms with E-state index in [0.717, 1.165) is 44.5 Å². The van der Waals surface area contributed by atoms with Crippen LogP contribution in [-0.4, -0.2) is 107 Å². The summed E-state index contributed by atoms with van der Waals surface area (Å²) >= 11 is 0. The number of hydrogen-bond donors (Lipinski definition) is 4. The van der Waals surface area contributed by atoms with Crippen molar-refractivity contribution in [3.63, 3.8) is 0 Å². The number of aromatic nitrogens is 2. The minimum absolute atomic E-state index is 0.0129. The Hall–Kier alpha value is -5.31. The van der Waals surface area contributed by atoms with Crippen molar-refractivity contribution in [2.24, 2.45) is 16.7 Å². The summed E-state index contributed by atoms with van der Waals surface area (Å²) < 4.78 is 14.2. The Morgan fingerprint density at radius 2 is 1.87 bits per heavy atom. The highest BCUT2D eigenvalue weighted by atomic mass is 16.5. The number of nitrogens with one attached hydrogen (secondary N) is 3. The predicted molar refractivity (Wildman–Crippen MR) is 242 cm³/mol. The topological polar surface area (TPSA) is 167 Å². The van der Waals surface area contributed by atoms with Gasteiger partial charge in [0, 0.05) is 68.3 Å². The average molecular weight is 864 g/mol. The van der Waals surface area contributed by atoms with Gasteiger partial charge in [-0.2, -0.15) is 0 Å². The van der Waals surface area contributed by atoms with Crippen molar-refractivity contribution < 1.29 is 33.8 Å². The van der Waals surface area contributed by atoms with Gasteiger partial charge < -0.3 is 34.7 Å². The van der Waals surface area contributed by atoms with Gasteiger partial charge in [0.05, 0.1) is 29.5 Å². The molecule has 63 heavy (non-hydrogen) atoms. The number of rotatable bonds is 9. The summed E-state index contributed by atoms with van der Waals surface area (Å²) in [5.74, 6) is -1.75. The van der Waals surface area contributed by atoms with E-state index in [0.29, 0.717) is 57.4 Å². The number of aromatic hydroxyl groups is 1. The molecule has 7 rings (SSSR count). The smallest absolute Gasteiger partial charge is 0.324 e. The number of phenols is 1. The van der Waals surface area contributed by atoms with Gasteiger partial charge in [-0.25, -0.2) is 5.43 Å². The van der Waals surface area contributed by atoms with Crippen molar-refractivity contribution in [1.29, 1.82) is 0 Å². The van der Waals surface area contributed by atoms with Crippen molar-refractivity contribution in [3.05, 3.63) is 71.5 Å². The zero-order chi connectivity index (χ0) is 45.4. The second-order valence-corrected chi connectivity index (χ2v) is 19.1. The van der Waals surface area contributed by atoms with E-state index < -0.39 is 46.7 Å². The molecule has 3 aliphatic rings. The number of cyclic esters (lactones) is 1. The second kappa shape index (κ2) is 18.4. The Labute approximate surface area is 371 Å². The highest BCUT2D eigenvalue weighted by Gasteiger charge is 2.43. The molecule has 3 amide bonds. The maximum atomic E-state index is 14.7. The van der Waals surface area contributed by atoms with Crippen LogP contribution in [-0.2, 0) is 48.0 Å². The van der Waals surface area contributed by atoms with Crippen LogP contribution in [0.5, 0.6) is 5.75 Å². The van der Waals surface area contributed by atoms with Crippen LogP contribution in [0.3, 0.4) is 0 Å².